The fourth-order valence-corrected chi connectivity index (χ4v) is 1.31. The van der Waals surface area contributed by atoms with E-state index in [0.29, 0.717) is 11.3 Å². The highest BCUT2D eigenvalue weighted by Gasteiger charge is 2.32. The van der Waals surface area contributed by atoms with E-state index in [0.717, 1.165) is 12.8 Å². The molecule has 1 aliphatic carbocycles. The number of pyridine rings is 1. The molecule has 0 atom stereocenters. The number of ether oxygens (including phenoxy) is 1. The van der Waals surface area contributed by atoms with Gasteiger partial charge in [-0.25, -0.2) is 0 Å². The van der Waals surface area contributed by atoms with E-state index in [1.165, 1.54) is 0 Å². The van der Waals surface area contributed by atoms with Crippen LogP contribution >= 0.6 is 0 Å². The van der Waals surface area contributed by atoms with Crippen LogP contribution in [0.2, 0.25) is 0 Å². The summed E-state index contributed by atoms with van der Waals surface area (Å²) < 4.78 is 5.08. The van der Waals surface area contributed by atoms with Gasteiger partial charge in [-0.2, -0.15) is 0 Å². The fraction of sp³-hybridized carbons (Fsp3) is 0.400. The maximum absolute atomic E-state index is 11.7. The molecule has 0 bridgehead atoms. The summed E-state index contributed by atoms with van der Waals surface area (Å²) >= 11 is 0. The number of ketones is 1. The van der Waals surface area contributed by atoms with E-state index in [-0.39, 0.29) is 11.7 Å². The predicted octanol–water partition coefficient (Wildman–Crippen LogP) is 1.68. The van der Waals surface area contributed by atoms with Crippen molar-refractivity contribution < 1.29 is 9.53 Å². The summed E-state index contributed by atoms with van der Waals surface area (Å²) in [4.78, 5) is 15.6. The molecule has 3 heteroatoms. The second-order valence-corrected chi connectivity index (χ2v) is 3.21. The lowest BCUT2D eigenvalue weighted by atomic mass is 10.1. The Labute approximate surface area is 76.7 Å². The number of rotatable bonds is 3. The first-order valence-electron chi connectivity index (χ1n) is 4.35. The van der Waals surface area contributed by atoms with E-state index in [4.69, 9.17) is 4.74 Å². The Balaban J connectivity index is 2.31. The van der Waals surface area contributed by atoms with Crippen molar-refractivity contribution in [2.75, 3.05) is 7.11 Å². The minimum Gasteiger partial charge on any atom is -0.496 e. The topological polar surface area (TPSA) is 39.2 Å². The summed E-state index contributed by atoms with van der Waals surface area (Å²) in [5, 5.41) is 0. The maximum Gasteiger partial charge on any atom is 0.171 e. The summed E-state index contributed by atoms with van der Waals surface area (Å²) in [6.07, 6.45) is 5.23. The van der Waals surface area contributed by atoms with Crippen molar-refractivity contribution in [1.29, 1.82) is 0 Å². The van der Waals surface area contributed by atoms with E-state index in [9.17, 15) is 4.79 Å². The average molecular weight is 177 g/mol. The maximum atomic E-state index is 11.7. The SMILES string of the molecule is COc1ccncc1C(=O)C1CC1. The largest absolute Gasteiger partial charge is 0.496 e. The monoisotopic (exact) mass is 177 g/mol. The van der Waals surface area contributed by atoms with Crippen LogP contribution in [-0.4, -0.2) is 17.9 Å². The van der Waals surface area contributed by atoms with Crippen LogP contribution in [-0.2, 0) is 0 Å². The molecule has 0 N–H and O–H groups in total. The van der Waals surface area contributed by atoms with Gasteiger partial charge in [-0.05, 0) is 18.9 Å². The lowest BCUT2D eigenvalue weighted by Gasteiger charge is -2.04. The van der Waals surface area contributed by atoms with Gasteiger partial charge in [0.1, 0.15) is 5.75 Å². The molecule has 68 valence electrons. The molecule has 0 amide bonds. The number of nitrogens with zero attached hydrogens (tertiary/aromatic N) is 1. The highest BCUT2D eigenvalue weighted by Crippen LogP contribution is 2.34. The number of carbonyl (C=O) groups excluding carboxylic acids is 1. The first-order chi connectivity index (χ1) is 6.33. The second-order valence-electron chi connectivity index (χ2n) is 3.21. The second kappa shape index (κ2) is 3.17. The van der Waals surface area contributed by atoms with Crippen molar-refractivity contribution in [2.45, 2.75) is 12.8 Å². The summed E-state index contributed by atoms with van der Waals surface area (Å²) in [6.45, 7) is 0. The number of methoxy groups -OCH3 is 1. The third-order valence-corrected chi connectivity index (χ3v) is 2.21. The molecular formula is C10H11NO2. The lowest BCUT2D eigenvalue weighted by Crippen LogP contribution is -2.04. The Morgan fingerprint density at radius 3 is 3.00 bits per heavy atom. The van der Waals surface area contributed by atoms with Crippen LogP contribution in [0.4, 0.5) is 0 Å². The van der Waals surface area contributed by atoms with Crippen LogP contribution < -0.4 is 4.74 Å². The van der Waals surface area contributed by atoms with E-state index in [1.54, 1.807) is 25.6 Å². The molecule has 1 aromatic rings. The van der Waals surface area contributed by atoms with Gasteiger partial charge in [0.25, 0.3) is 0 Å². The molecular weight excluding hydrogens is 166 g/mol. The molecule has 13 heavy (non-hydrogen) atoms. The number of hydrogen-bond donors (Lipinski definition) is 0. The van der Waals surface area contributed by atoms with E-state index in [1.807, 2.05) is 0 Å². The molecule has 1 aliphatic rings. The molecule has 0 aliphatic heterocycles. The van der Waals surface area contributed by atoms with Crippen molar-refractivity contribution in [3.63, 3.8) is 0 Å². The molecule has 0 spiro atoms. The molecule has 3 nitrogen and oxygen atoms in total. The highest BCUT2D eigenvalue weighted by atomic mass is 16.5. The van der Waals surface area contributed by atoms with Crippen LogP contribution in [0.25, 0.3) is 0 Å². The lowest BCUT2D eigenvalue weighted by molar-refractivity contribution is 0.0964. The zero-order valence-corrected chi connectivity index (χ0v) is 7.49. The number of carbonyl (C=O) groups is 1. The van der Waals surface area contributed by atoms with Gasteiger partial charge in [0.05, 0.1) is 12.7 Å². The summed E-state index contributed by atoms with van der Waals surface area (Å²) in [7, 11) is 1.57. The highest BCUT2D eigenvalue weighted by molar-refractivity contribution is 6.01. The Hall–Kier alpha value is -1.38. The molecule has 1 fully saturated rings. The first kappa shape index (κ1) is 8.23. The van der Waals surface area contributed by atoms with Crippen LogP contribution in [0, 0.1) is 5.92 Å². The summed E-state index contributed by atoms with van der Waals surface area (Å²) in [5.74, 6) is 1.02. The van der Waals surface area contributed by atoms with Crippen molar-refractivity contribution >= 4 is 5.78 Å². The fourth-order valence-electron chi connectivity index (χ4n) is 1.31. The predicted molar refractivity (Wildman–Crippen MR) is 47.8 cm³/mol. The normalized spacial score (nSPS) is 15.5. The standard InChI is InChI=1S/C10H11NO2/c1-13-9-4-5-11-6-8(9)10(12)7-2-3-7/h4-7H,2-3H2,1H3. The van der Waals surface area contributed by atoms with Gasteiger partial charge in [0, 0.05) is 18.3 Å². The van der Waals surface area contributed by atoms with Crippen LogP contribution in [0.5, 0.6) is 5.75 Å². The van der Waals surface area contributed by atoms with Gasteiger partial charge in [-0.3, -0.25) is 9.78 Å². The van der Waals surface area contributed by atoms with Gasteiger partial charge in [-0.1, -0.05) is 0 Å². The molecule has 0 aromatic carbocycles. The Kier molecular flexibility index (Phi) is 2.00. The molecule has 1 saturated carbocycles. The quantitative estimate of drug-likeness (QED) is 0.659. The van der Waals surface area contributed by atoms with Crippen molar-refractivity contribution in [1.82, 2.24) is 4.98 Å². The Morgan fingerprint density at radius 2 is 2.38 bits per heavy atom. The zero-order chi connectivity index (χ0) is 9.26. The number of hydrogen-bond acceptors (Lipinski definition) is 3. The van der Waals surface area contributed by atoms with Gasteiger partial charge in [-0.15, -0.1) is 0 Å². The van der Waals surface area contributed by atoms with Gasteiger partial charge >= 0.3 is 0 Å². The van der Waals surface area contributed by atoms with Crippen molar-refractivity contribution in [3.8, 4) is 5.75 Å². The first-order valence-corrected chi connectivity index (χ1v) is 4.35. The van der Waals surface area contributed by atoms with Crippen LogP contribution in [0.1, 0.15) is 23.2 Å². The van der Waals surface area contributed by atoms with Crippen LogP contribution in [0.3, 0.4) is 0 Å². The number of Topliss-reactive ketones (excluding diaryl/α,β-unsaturated/α-hetero) is 1. The van der Waals surface area contributed by atoms with Crippen LogP contribution in [0.15, 0.2) is 18.5 Å². The van der Waals surface area contributed by atoms with E-state index < -0.39 is 0 Å². The van der Waals surface area contributed by atoms with Gasteiger partial charge < -0.3 is 4.74 Å². The molecule has 2 rings (SSSR count). The third-order valence-electron chi connectivity index (χ3n) is 2.21. The Bertz CT molecular complexity index is 331. The van der Waals surface area contributed by atoms with Crippen molar-refractivity contribution in [3.05, 3.63) is 24.0 Å². The number of aromatic nitrogens is 1. The van der Waals surface area contributed by atoms with Gasteiger partial charge in [0.15, 0.2) is 5.78 Å². The minimum absolute atomic E-state index is 0.171. The van der Waals surface area contributed by atoms with E-state index in [2.05, 4.69) is 4.98 Å². The average Bonchev–Trinajstić information content (AvgIpc) is 3.00. The molecule has 0 unspecified atom stereocenters. The van der Waals surface area contributed by atoms with E-state index >= 15 is 0 Å². The smallest absolute Gasteiger partial charge is 0.171 e. The zero-order valence-electron chi connectivity index (χ0n) is 7.49. The Morgan fingerprint density at radius 1 is 1.62 bits per heavy atom. The summed E-state index contributed by atoms with van der Waals surface area (Å²) in [5.41, 5.74) is 0.618. The van der Waals surface area contributed by atoms with Gasteiger partial charge in [0.2, 0.25) is 0 Å². The van der Waals surface area contributed by atoms with Crippen molar-refractivity contribution in [2.24, 2.45) is 5.92 Å². The minimum atomic E-state index is 0.171. The summed E-state index contributed by atoms with van der Waals surface area (Å²) in [6, 6.07) is 1.72. The molecule has 0 radical (unpaired) electrons. The third kappa shape index (κ3) is 1.54. The molecule has 1 heterocycles. The molecule has 0 saturated heterocycles. The molecule has 1 aromatic heterocycles.